The molecular formula is C19H18N4O4S. The second-order valence-corrected chi connectivity index (χ2v) is 6.95. The molecule has 0 radical (unpaired) electrons. The second kappa shape index (κ2) is 8.66. The maximum absolute atomic E-state index is 12.7. The van der Waals surface area contributed by atoms with E-state index >= 15 is 0 Å². The number of nitrogens with one attached hydrogen (secondary N) is 1. The molecule has 0 aliphatic heterocycles. The normalized spacial score (nSPS) is 10.8. The summed E-state index contributed by atoms with van der Waals surface area (Å²) < 4.78 is 1.59. The Balaban J connectivity index is 1.75. The summed E-state index contributed by atoms with van der Waals surface area (Å²) in [4.78, 5) is 39.7. The van der Waals surface area contributed by atoms with Crippen LogP contribution in [0.5, 0.6) is 0 Å². The molecular weight excluding hydrogens is 380 g/mol. The summed E-state index contributed by atoms with van der Waals surface area (Å²) in [6, 6.07) is 12.7. The van der Waals surface area contributed by atoms with Crippen LogP contribution in [0.15, 0.2) is 58.5 Å². The molecule has 1 amide bonds. The van der Waals surface area contributed by atoms with E-state index in [0.29, 0.717) is 28.3 Å². The molecule has 1 heterocycles. The van der Waals surface area contributed by atoms with E-state index in [-0.39, 0.29) is 22.9 Å². The molecule has 0 spiro atoms. The van der Waals surface area contributed by atoms with E-state index in [0.717, 1.165) is 6.42 Å². The number of fused-ring (bicyclic) bond motifs is 1. The standard InChI is InChI=1S/C19H18N4O4S/c1-2-11-22-18(25)15-5-3-4-6-16(15)21-19(22)28-12-17(24)20-13-7-9-14(10-8-13)23(26)27/h3-10H,2,11-12H2,1H3,(H,20,24). The van der Waals surface area contributed by atoms with E-state index in [1.54, 1.807) is 22.8 Å². The minimum Gasteiger partial charge on any atom is -0.325 e. The lowest BCUT2D eigenvalue weighted by Gasteiger charge is -2.12. The van der Waals surface area contributed by atoms with Crippen LogP contribution in [0.4, 0.5) is 11.4 Å². The quantitative estimate of drug-likeness (QED) is 0.283. The smallest absolute Gasteiger partial charge is 0.269 e. The monoisotopic (exact) mass is 398 g/mol. The molecule has 1 N–H and O–H groups in total. The average Bonchev–Trinajstić information content (AvgIpc) is 2.69. The van der Waals surface area contributed by atoms with Crippen LogP contribution in [0.3, 0.4) is 0 Å². The molecule has 0 atom stereocenters. The molecule has 144 valence electrons. The number of nitro groups is 1. The first-order valence-electron chi connectivity index (χ1n) is 8.66. The Morgan fingerprint density at radius 3 is 2.61 bits per heavy atom. The van der Waals surface area contributed by atoms with Crippen LogP contribution in [-0.4, -0.2) is 26.1 Å². The number of anilines is 1. The van der Waals surface area contributed by atoms with Crippen LogP contribution in [-0.2, 0) is 11.3 Å². The van der Waals surface area contributed by atoms with Crippen molar-refractivity contribution in [3.63, 3.8) is 0 Å². The number of non-ortho nitro benzene ring substituents is 1. The molecule has 0 fully saturated rings. The van der Waals surface area contributed by atoms with Gasteiger partial charge in [-0.2, -0.15) is 0 Å². The number of aromatic nitrogens is 2. The minimum absolute atomic E-state index is 0.0451. The van der Waals surface area contributed by atoms with Gasteiger partial charge < -0.3 is 5.32 Å². The van der Waals surface area contributed by atoms with Crippen molar-refractivity contribution < 1.29 is 9.72 Å². The van der Waals surface area contributed by atoms with Gasteiger partial charge in [0.1, 0.15) is 0 Å². The predicted molar refractivity (Wildman–Crippen MR) is 109 cm³/mol. The molecule has 0 aliphatic rings. The first kappa shape index (κ1) is 19.6. The molecule has 9 heteroatoms. The second-order valence-electron chi connectivity index (χ2n) is 6.01. The Hall–Kier alpha value is -3.20. The zero-order chi connectivity index (χ0) is 20.1. The number of rotatable bonds is 7. The molecule has 1 aromatic heterocycles. The third-order valence-electron chi connectivity index (χ3n) is 3.97. The zero-order valence-electron chi connectivity index (χ0n) is 15.1. The highest BCUT2D eigenvalue weighted by atomic mass is 32.2. The fraction of sp³-hybridized carbons (Fsp3) is 0.211. The Morgan fingerprint density at radius 2 is 1.93 bits per heavy atom. The van der Waals surface area contributed by atoms with Gasteiger partial charge in [0.2, 0.25) is 5.91 Å². The zero-order valence-corrected chi connectivity index (χ0v) is 15.9. The molecule has 8 nitrogen and oxygen atoms in total. The first-order chi connectivity index (χ1) is 13.5. The number of benzene rings is 2. The van der Waals surface area contributed by atoms with Gasteiger partial charge in [-0.1, -0.05) is 30.8 Å². The first-order valence-corrected chi connectivity index (χ1v) is 9.65. The van der Waals surface area contributed by atoms with E-state index < -0.39 is 4.92 Å². The number of carbonyl (C=O) groups is 1. The van der Waals surface area contributed by atoms with Crippen LogP contribution < -0.4 is 10.9 Å². The van der Waals surface area contributed by atoms with E-state index in [1.807, 2.05) is 13.0 Å². The lowest BCUT2D eigenvalue weighted by molar-refractivity contribution is -0.384. The minimum atomic E-state index is -0.500. The van der Waals surface area contributed by atoms with Crippen molar-refractivity contribution >= 4 is 39.9 Å². The Labute approximate surface area is 164 Å². The molecule has 3 rings (SSSR count). The van der Waals surface area contributed by atoms with Crippen molar-refractivity contribution in [3.05, 3.63) is 69.0 Å². The van der Waals surface area contributed by atoms with Gasteiger partial charge in [-0.25, -0.2) is 4.98 Å². The van der Waals surface area contributed by atoms with Gasteiger partial charge in [0.05, 0.1) is 21.6 Å². The van der Waals surface area contributed by atoms with Gasteiger partial charge in [0, 0.05) is 24.4 Å². The van der Waals surface area contributed by atoms with Crippen molar-refractivity contribution in [3.8, 4) is 0 Å². The van der Waals surface area contributed by atoms with Gasteiger partial charge >= 0.3 is 0 Å². The SMILES string of the molecule is CCCn1c(SCC(=O)Nc2ccc([N+](=O)[O-])cc2)nc2ccccc2c1=O. The lowest BCUT2D eigenvalue weighted by atomic mass is 10.2. The topological polar surface area (TPSA) is 107 Å². The van der Waals surface area contributed by atoms with Crippen LogP contribution in [0.1, 0.15) is 13.3 Å². The molecule has 0 unspecified atom stereocenters. The summed E-state index contributed by atoms with van der Waals surface area (Å²) in [5.41, 5.74) is 0.897. The summed E-state index contributed by atoms with van der Waals surface area (Å²) in [6.07, 6.45) is 0.766. The highest BCUT2D eigenvalue weighted by Gasteiger charge is 2.13. The van der Waals surface area contributed by atoms with Crippen molar-refractivity contribution in [2.45, 2.75) is 25.0 Å². The summed E-state index contributed by atoms with van der Waals surface area (Å²) in [5, 5.41) is 14.4. The van der Waals surface area contributed by atoms with Gasteiger partial charge in [-0.05, 0) is 30.7 Å². The number of nitro benzene ring substituents is 1. The molecule has 2 aromatic carbocycles. The molecule has 28 heavy (non-hydrogen) atoms. The van der Waals surface area contributed by atoms with Gasteiger partial charge in [-0.3, -0.25) is 24.3 Å². The molecule has 0 bridgehead atoms. The maximum Gasteiger partial charge on any atom is 0.269 e. The van der Waals surface area contributed by atoms with E-state index in [9.17, 15) is 19.7 Å². The molecule has 0 aliphatic carbocycles. The van der Waals surface area contributed by atoms with Crippen LogP contribution in [0.25, 0.3) is 10.9 Å². The summed E-state index contributed by atoms with van der Waals surface area (Å²) in [7, 11) is 0. The predicted octanol–water partition coefficient (Wildman–Crippen LogP) is 3.45. The molecule has 0 saturated carbocycles. The summed E-state index contributed by atoms with van der Waals surface area (Å²) in [6.45, 7) is 2.49. The van der Waals surface area contributed by atoms with Crippen molar-refractivity contribution in [1.82, 2.24) is 9.55 Å². The maximum atomic E-state index is 12.7. The van der Waals surface area contributed by atoms with Crippen molar-refractivity contribution in [2.75, 3.05) is 11.1 Å². The number of hydrogen-bond acceptors (Lipinski definition) is 6. The molecule has 3 aromatic rings. The van der Waals surface area contributed by atoms with E-state index in [1.165, 1.54) is 36.0 Å². The highest BCUT2D eigenvalue weighted by Crippen LogP contribution is 2.19. The van der Waals surface area contributed by atoms with Crippen LogP contribution >= 0.6 is 11.8 Å². The fourth-order valence-electron chi connectivity index (χ4n) is 2.67. The summed E-state index contributed by atoms with van der Waals surface area (Å²) >= 11 is 1.18. The largest absolute Gasteiger partial charge is 0.325 e. The van der Waals surface area contributed by atoms with Crippen molar-refractivity contribution in [1.29, 1.82) is 0 Å². The third kappa shape index (κ3) is 4.37. The molecule has 0 saturated heterocycles. The van der Waals surface area contributed by atoms with E-state index in [2.05, 4.69) is 10.3 Å². The van der Waals surface area contributed by atoms with Gasteiger partial charge in [0.25, 0.3) is 11.2 Å². The van der Waals surface area contributed by atoms with Gasteiger partial charge in [-0.15, -0.1) is 0 Å². The number of nitrogens with zero attached hydrogens (tertiary/aromatic N) is 3. The average molecular weight is 398 g/mol. The number of thioether (sulfide) groups is 1. The Kier molecular flexibility index (Phi) is 6.05. The van der Waals surface area contributed by atoms with Crippen molar-refractivity contribution in [2.24, 2.45) is 0 Å². The van der Waals surface area contributed by atoms with Gasteiger partial charge in [0.15, 0.2) is 5.16 Å². The third-order valence-corrected chi connectivity index (χ3v) is 4.94. The number of hydrogen-bond donors (Lipinski definition) is 1. The number of para-hydroxylation sites is 1. The Bertz CT molecular complexity index is 1080. The highest BCUT2D eigenvalue weighted by molar-refractivity contribution is 7.99. The summed E-state index contributed by atoms with van der Waals surface area (Å²) in [5.74, 6) is -0.227. The van der Waals surface area contributed by atoms with Crippen LogP contribution in [0, 0.1) is 10.1 Å². The van der Waals surface area contributed by atoms with E-state index in [4.69, 9.17) is 0 Å². The Morgan fingerprint density at radius 1 is 1.21 bits per heavy atom. The number of amides is 1. The lowest BCUT2D eigenvalue weighted by Crippen LogP contribution is -2.24. The van der Waals surface area contributed by atoms with Crippen LogP contribution in [0.2, 0.25) is 0 Å². The number of carbonyl (C=O) groups excluding carboxylic acids is 1. The fourth-order valence-corrected chi connectivity index (χ4v) is 3.50.